The molecule has 0 radical (unpaired) electrons. The van der Waals surface area contributed by atoms with Gasteiger partial charge in [-0.15, -0.1) is 11.6 Å². The van der Waals surface area contributed by atoms with E-state index in [1.165, 1.54) is 6.07 Å². The molecule has 0 bridgehead atoms. The minimum absolute atomic E-state index is 0.139. The third kappa shape index (κ3) is 3.55. The van der Waals surface area contributed by atoms with Crippen LogP contribution in [0.4, 0.5) is 5.69 Å². The van der Waals surface area contributed by atoms with Crippen LogP contribution in [-0.4, -0.2) is 25.0 Å². The number of hydrogen-bond donors (Lipinski definition) is 0. The first kappa shape index (κ1) is 14.2. The maximum Gasteiger partial charge on any atom is 0.288 e. The molecular weight excluding hydrogens is 289 g/mol. The minimum atomic E-state index is -3.73. The predicted molar refractivity (Wildman–Crippen MR) is 65.5 cm³/mol. The van der Waals surface area contributed by atoms with E-state index in [1.807, 2.05) is 0 Å². The quantitative estimate of drug-likeness (QED) is 0.475. The van der Waals surface area contributed by atoms with Crippen LogP contribution in [0, 0.1) is 10.1 Å². The van der Waals surface area contributed by atoms with Crippen molar-refractivity contribution in [3.63, 3.8) is 0 Å². The van der Waals surface area contributed by atoms with Gasteiger partial charge >= 0.3 is 0 Å². The normalized spacial score (nSPS) is 11.4. The summed E-state index contributed by atoms with van der Waals surface area (Å²) in [5.41, 5.74) is -0.469. The van der Waals surface area contributed by atoms with Gasteiger partial charge in [0.2, 0.25) is 0 Å². The lowest BCUT2D eigenvalue weighted by molar-refractivity contribution is -0.387. The standard InChI is InChI=1S/C9H9Cl2NO4S/c10-4-1-5-17(15,16)9-6-7(11)2-3-8(9)12(13)14/h2-3,6H,1,4-5H2. The lowest BCUT2D eigenvalue weighted by atomic mass is 10.3. The molecule has 0 amide bonds. The summed E-state index contributed by atoms with van der Waals surface area (Å²) in [6.07, 6.45) is 0.230. The Kier molecular flexibility index (Phi) is 4.73. The molecule has 94 valence electrons. The van der Waals surface area contributed by atoms with Gasteiger partial charge in [-0.05, 0) is 18.6 Å². The summed E-state index contributed by atoms with van der Waals surface area (Å²) in [5.74, 6) is -0.0642. The molecule has 0 aliphatic heterocycles. The molecule has 0 saturated heterocycles. The lowest BCUT2D eigenvalue weighted by Crippen LogP contribution is -2.10. The molecule has 0 spiro atoms. The van der Waals surface area contributed by atoms with Crippen molar-refractivity contribution < 1.29 is 13.3 Å². The first-order chi connectivity index (χ1) is 7.88. The number of nitrogens with zero attached hydrogens (tertiary/aromatic N) is 1. The average molecular weight is 298 g/mol. The van der Waals surface area contributed by atoms with Gasteiger partial charge in [-0.2, -0.15) is 0 Å². The second kappa shape index (κ2) is 5.66. The Morgan fingerprint density at radius 3 is 2.53 bits per heavy atom. The first-order valence-electron chi connectivity index (χ1n) is 4.61. The lowest BCUT2D eigenvalue weighted by Gasteiger charge is -2.04. The average Bonchev–Trinajstić information content (AvgIpc) is 2.26. The molecule has 0 heterocycles. The van der Waals surface area contributed by atoms with Crippen molar-refractivity contribution in [1.82, 2.24) is 0 Å². The maximum absolute atomic E-state index is 11.8. The highest BCUT2D eigenvalue weighted by atomic mass is 35.5. The summed E-state index contributed by atoms with van der Waals surface area (Å²) in [7, 11) is -3.73. The summed E-state index contributed by atoms with van der Waals surface area (Å²) >= 11 is 11.1. The van der Waals surface area contributed by atoms with Crippen LogP contribution in [-0.2, 0) is 9.84 Å². The van der Waals surface area contributed by atoms with Crippen LogP contribution < -0.4 is 0 Å². The monoisotopic (exact) mass is 297 g/mol. The second-order valence-corrected chi connectivity index (χ2v) is 6.12. The molecule has 5 nitrogen and oxygen atoms in total. The zero-order chi connectivity index (χ0) is 13.1. The molecule has 8 heteroatoms. The topological polar surface area (TPSA) is 77.3 Å². The third-order valence-electron chi connectivity index (χ3n) is 2.00. The molecule has 0 aliphatic carbocycles. The summed E-state index contributed by atoms with van der Waals surface area (Å²) in [6, 6.07) is 3.44. The van der Waals surface area contributed by atoms with Crippen LogP contribution in [0.2, 0.25) is 5.02 Å². The number of nitro benzene ring substituents is 1. The Labute approximate surface area is 108 Å². The highest BCUT2D eigenvalue weighted by molar-refractivity contribution is 7.91. The Balaban J connectivity index is 3.28. The van der Waals surface area contributed by atoms with Crippen molar-refractivity contribution in [2.45, 2.75) is 11.3 Å². The Morgan fingerprint density at radius 1 is 1.35 bits per heavy atom. The fourth-order valence-electron chi connectivity index (χ4n) is 1.24. The van der Waals surface area contributed by atoms with Gasteiger partial charge < -0.3 is 0 Å². The van der Waals surface area contributed by atoms with Gasteiger partial charge in [0.15, 0.2) is 9.84 Å². The minimum Gasteiger partial charge on any atom is -0.258 e. The molecule has 0 atom stereocenters. The number of nitro groups is 1. The summed E-state index contributed by atoms with van der Waals surface area (Å²) < 4.78 is 23.7. The van der Waals surface area contributed by atoms with Gasteiger partial charge in [0, 0.05) is 17.0 Å². The van der Waals surface area contributed by atoms with E-state index in [4.69, 9.17) is 23.2 Å². The smallest absolute Gasteiger partial charge is 0.258 e. The van der Waals surface area contributed by atoms with Crippen molar-refractivity contribution in [2.75, 3.05) is 11.6 Å². The molecule has 0 saturated carbocycles. The van der Waals surface area contributed by atoms with Crippen LogP contribution in [0.1, 0.15) is 6.42 Å². The van der Waals surface area contributed by atoms with Crippen LogP contribution >= 0.6 is 23.2 Å². The molecule has 1 aromatic carbocycles. The third-order valence-corrected chi connectivity index (χ3v) is 4.33. The van der Waals surface area contributed by atoms with Crippen LogP contribution in [0.25, 0.3) is 0 Å². The van der Waals surface area contributed by atoms with Crippen molar-refractivity contribution in [2.24, 2.45) is 0 Å². The molecule has 1 rings (SSSR count). The summed E-state index contributed by atoms with van der Waals surface area (Å²) in [4.78, 5) is 9.62. The molecular formula is C9H9Cl2NO4S. The highest BCUT2D eigenvalue weighted by Crippen LogP contribution is 2.28. The van der Waals surface area contributed by atoms with Crippen molar-refractivity contribution in [3.05, 3.63) is 33.3 Å². The van der Waals surface area contributed by atoms with Gasteiger partial charge in [0.05, 0.1) is 10.7 Å². The van der Waals surface area contributed by atoms with E-state index in [1.54, 1.807) is 0 Å². The molecule has 0 fully saturated rings. The number of sulfone groups is 1. The number of hydrogen-bond acceptors (Lipinski definition) is 4. The highest BCUT2D eigenvalue weighted by Gasteiger charge is 2.25. The fraction of sp³-hybridized carbons (Fsp3) is 0.333. The van der Waals surface area contributed by atoms with Crippen molar-refractivity contribution in [3.8, 4) is 0 Å². The Hall–Kier alpha value is -0.850. The number of rotatable bonds is 5. The van der Waals surface area contributed by atoms with Crippen LogP contribution in [0.5, 0.6) is 0 Å². The van der Waals surface area contributed by atoms with E-state index in [0.29, 0.717) is 0 Å². The van der Waals surface area contributed by atoms with E-state index in [-0.39, 0.29) is 28.0 Å². The number of benzene rings is 1. The van der Waals surface area contributed by atoms with Gasteiger partial charge in [-0.3, -0.25) is 10.1 Å². The second-order valence-electron chi connectivity index (χ2n) is 3.23. The summed E-state index contributed by atoms with van der Waals surface area (Å²) in [5, 5.41) is 10.9. The predicted octanol–water partition coefficient (Wildman–Crippen LogP) is 2.65. The molecule has 0 aromatic heterocycles. The first-order valence-corrected chi connectivity index (χ1v) is 7.17. The van der Waals surface area contributed by atoms with Crippen molar-refractivity contribution in [1.29, 1.82) is 0 Å². The van der Waals surface area contributed by atoms with E-state index in [9.17, 15) is 18.5 Å². The van der Waals surface area contributed by atoms with Gasteiger partial charge in [0.1, 0.15) is 4.90 Å². The van der Waals surface area contributed by atoms with Crippen LogP contribution in [0.15, 0.2) is 23.1 Å². The van der Waals surface area contributed by atoms with E-state index < -0.39 is 20.4 Å². The molecule has 0 unspecified atom stereocenters. The maximum atomic E-state index is 11.8. The largest absolute Gasteiger partial charge is 0.288 e. The zero-order valence-electron chi connectivity index (χ0n) is 8.60. The Bertz CT molecular complexity index is 530. The van der Waals surface area contributed by atoms with Gasteiger partial charge in [-0.25, -0.2) is 8.42 Å². The van der Waals surface area contributed by atoms with Gasteiger partial charge in [0.25, 0.3) is 5.69 Å². The molecule has 17 heavy (non-hydrogen) atoms. The number of halogens is 2. The number of alkyl halides is 1. The fourth-order valence-corrected chi connectivity index (χ4v) is 3.28. The summed E-state index contributed by atoms with van der Waals surface area (Å²) in [6.45, 7) is 0. The Morgan fingerprint density at radius 2 is 2.00 bits per heavy atom. The SMILES string of the molecule is O=[N+]([O-])c1ccc(Cl)cc1S(=O)(=O)CCCCl. The van der Waals surface area contributed by atoms with Crippen molar-refractivity contribution >= 4 is 38.7 Å². The van der Waals surface area contributed by atoms with E-state index in [0.717, 1.165) is 12.1 Å². The van der Waals surface area contributed by atoms with E-state index >= 15 is 0 Å². The van der Waals surface area contributed by atoms with E-state index in [2.05, 4.69) is 0 Å². The molecule has 0 N–H and O–H groups in total. The molecule has 1 aromatic rings. The van der Waals surface area contributed by atoms with Crippen LogP contribution in [0.3, 0.4) is 0 Å². The van der Waals surface area contributed by atoms with Gasteiger partial charge in [-0.1, -0.05) is 11.6 Å². The zero-order valence-corrected chi connectivity index (χ0v) is 10.9. The molecule has 0 aliphatic rings.